The number of sulfonamides is 1. The lowest BCUT2D eigenvalue weighted by atomic mass is 9.95. The Morgan fingerprint density at radius 3 is 2.38 bits per heavy atom. The van der Waals surface area contributed by atoms with Crippen molar-refractivity contribution in [1.29, 1.82) is 0 Å². The number of non-ortho nitro benzene ring substituents is 1. The van der Waals surface area contributed by atoms with Crippen LogP contribution < -0.4 is 4.31 Å². The summed E-state index contributed by atoms with van der Waals surface area (Å²) in [6.07, 6.45) is 0. The SMILES string of the molecule is COC1(C)CN(c2ccc([N+](=O)[O-])cc2)S(=O)(=O)c2ccccc21. The van der Waals surface area contributed by atoms with Crippen LogP contribution in [0.2, 0.25) is 0 Å². The number of fused-ring (bicyclic) bond motifs is 1. The Balaban J connectivity index is 2.15. The number of rotatable bonds is 3. The molecule has 0 aromatic heterocycles. The van der Waals surface area contributed by atoms with Gasteiger partial charge in [0.25, 0.3) is 15.7 Å². The summed E-state index contributed by atoms with van der Waals surface area (Å²) in [6.45, 7) is 1.90. The molecule has 2 aromatic rings. The molecule has 0 spiro atoms. The van der Waals surface area contributed by atoms with Crippen molar-refractivity contribution in [3.63, 3.8) is 0 Å². The molecular formula is C16H16N2O5S. The van der Waals surface area contributed by atoms with Gasteiger partial charge >= 0.3 is 0 Å². The second-order valence-corrected chi connectivity index (χ2v) is 7.55. The molecule has 1 unspecified atom stereocenters. The van der Waals surface area contributed by atoms with E-state index in [-0.39, 0.29) is 17.1 Å². The van der Waals surface area contributed by atoms with Crippen LogP contribution in [0.4, 0.5) is 11.4 Å². The summed E-state index contributed by atoms with van der Waals surface area (Å²) in [6, 6.07) is 12.1. The van der Waals surface area contributed by atoms with Gasteiger partial charge in [-0.05, 0) is 25.1 Å². The van der Waals surface area contributed by atoms with Gasteiger partial charge in [-0.1, -0.05) is 18.2 Å². The molecule has 0 bridgehead atoms. The van der Waals surface area contributed by atoms with E-state index < -0.39 is 20.5 Å². The molecule has 0 fully saturated rings. The summed E-state index contributed by atoms with van der Waals surface area (Å²) in [4.78, 5) is 10.4. The number of nitrogens with zero attached hydrogens (tertiary/aromatic N) is 2. The second-order valence-electron chi connectivity index (χ2n) is 5.72. The Hall–Kier alpha value is -2.45. The monoisotopic (exact) mass is 348 g/mol. The fourth-order valence-corrected chi connectivity index (χ4v) is 4.70. The molecule has 1 aliphatic rings. The lowest BCUT2D eigenvalue weighted by molar-refractivity contribution is -0.384. The largest absolute Gasteiger partial charge is 0.372 e. The van der Waals surface area contributed by atoms with E-state index in [0.29, 0.717) is 11.3 Å². The summed E-state index contributed by atoms with van der Waals surface area (Å²) in [5, 5.41) is 10.8. The van der Waals surface area contributed by atoms with Crippen LogP contribution in [0.15, 0.2) is 53.4 Å². The summed E-state index contributed by atoms with van der Waals surface area (Å²) in [7, 11) is -2.24. The van der Waals surface area contributed by atoms with Crippen LogP contribution >= 0.6 is 0 Å². The molecule has 0 amide bonds. The molecule has 1 heterocycles. The van der Waals surface area contributed by atoms with E-state index >= 15 is 0 Å². The number of anilines is 1. The van der Waals surface area contributed by atoms with Crippen molar-refractivity contribution in [3.8, 4) is 0 Å². The Morgan fingerprint density at radius 2 is 1.79 bits per heavy atom. The third-order valence-corrected chi connectivity index (χ3v) is 6.10. The van der Waals surface area contributed by atoms with Crippen molar-refractivity contribution >= 4 is 21.4 Å². The minimum atomic E-state index is -3.77. The number of ether oxygens (including phenoxy) is 1. The minimum absolute atomic E-state index is 0.0840. The normalized spacial score (nSPS) is 22.0. The fraction of sp³-hybridized carbons (Fsp3) is 0.250. The van der Waals surface area contributed by atoms with Gasteiger partial charge in [-0.3, -0.25) is 14.4 Å². The number of benzene rings is 2. The van der Waals surface area contributed by atoms with E-state index in [9.17, 15) is 18.5 Å². The summed E-state index contributed by atoms with van der Waals surface area (Å²) < 4.78 is 32.7. The zero-order chi connectivity index (χ0) is 17.5. The van der Waals surface area contributed by atoms with Crippen LogP contribution in [-0.4, -0.2) is 27.0 Å². The number of hydrogen-bond acceptors (Lipinski definition) is 5. The molecule has 0 radical (unpaired) electrons. The van der Waals surface area contributed by atoms with Crippen LogP contribution in [0, 0.1) is 10.1 Å². The zero-order valence-electron chi connectivity index (χ0n) is 13.2. The summed E-state index contributed by atoms with van der Waals surface area (Å²) in [5.41, 5.74) is 0.0519. The maximum Gasteiger partial charge on any atom is 0.269 e. The molecule has 0 N–H and O–H groups in total. The Labute approximate surface area is 139 Å². The minimum Gasteiger partial charge on any atom is -0.372 e. The molecule has 7 nitrogen and oxygen atoms in total. The standard InChI is InChI=1S/C16H16N2O5S/c1-16(23-2)11-17(12-7-9-13(10-8-12)18(19)20)24(21,22)15-6-4-3-5-14(15)16/h3-10H,11H2,1-2H3. The Morgan fingerprint density at radius 1 is 1.17 bits per heavy atom. The first-order chi connectivity index (χ1) is 11.3. The topological polar surface area (TPSA) is 89.8 Å². The molecule has 0 aliphatic carbocycles. The van der Waals surface area contributed by atoms with Crippen molar-refractivity contribution in [2.24, 2.45) is 0 Å². The maximum atomic E-state index is 13.0. The average molecular weight is 348 g/mol. The second kappa shape index (κ2) is 5.57. The van der Waals surface area contributed by atoms with Gasteiger partial charge in [-0.25, -0.2) is 8.42 Å². The van der Waals surface area contributed by atoms with Gasteiger partial charge in [0, 0.05) is 24.8 Å². The highest BCUT2D eigenvalue weighted by Gasteiger charge is 2.44. The number of nitro benzene ring substituents is 1. The first-order valence-electron chi connectivity index (χ1n) is 7.21. The predicted octanol–water partition coefficient (Wildman–Crippen LogP) is 2.67. The lowest BCUT2D eigenvalue weighted by Gasteiger charge is -2.41. The van der Waals surface area contributed by atoms with Gasteiger partial charge in [0.15, 0.2) is 0 Å². The number of hydrogen-bond donors (Lipinski definition) is 0. The molecule has 3 rings (SSSR count). The molecule has 126 valence electrons. The summed E-state index contributed by atoms with van der Waals surface area (Å²) >= 11 is 0. The lowest BCUT2D eigenvalue weighted by Crippen LogP contribution is -2.48. The van der Waals surface area contributed by atoms with E-state index in [1.54, 1.807) is 24.3 Å². The predicted molar refractivity (Wildman–Crippen MR) is 88.4 cm³/mol. The van der Waals surface area contributed by atoms with Crippen molar-refractivity contribution in [1.82, 2.24) is 0 Å². The third-order valence-electron chi connectivity index (χ3n) is 4.27. The molecule has 24 heavy (non-hydrogen) atoms. The van der Waals surface area contributed by atoms with Crippen LogP contribution in [0.3, 0.4) is 0 Å². The van der Waals surface area contributed by atoms with Crippen molar-refractivity contribution in [3.05, 3.63) is 64.2 Å². The van der Waals surface area contributed by atoms with Crippen LogP contribution in [0.25, 0.3) is 0 Å². The number of nitro groups is 1. The average Bonchev–Trinajstić information content (AvgIpc) is 2.58. The van der Waals surface area contributed by atoms with Crippen molar-refractivity contribution in [2.75, 3.05) is 18.0 Å². The molecular weight excluding hydrogens is 332 g/mol. The van der Waals surface area contributed by atoms with E-state index in [1.807, 2.05) is 6.92 Å². The first kappa shape index (κ1) is 16.4. The van der Waals surface area contributed by atoms with Gasteiger partial charge in [-0.15, -0.1) is 0 Å². The smallest absolute Gasteiger partial charge is 0.269 e. The Kier molecular flexibility index (Phi) is 3.81. The van der Waals surface area contributed by atoms with Crippen molar-refractivity contribution < 1.29 is 18.1 Å². The third kappa shape index (κ3) is 2.44. The Bertz CT molecular complexity index is 895. The van der Waals surface area contributed by atoms with E-state index in [0.717, 1.165) is 0 Å². The highest BCUT2D eigenvalue weighted by molar-refractivity contribution is 7.93. The van der Waals surface area contributed by atoms with Crippen LogP contribution in [0.1, 0.15) is 12.5 Å². The number of methoxy groups -OCH3 is 1. The van der Waals surface area contributed by atoms with Gasteiger partial charge < -0.3 is 4.74 Å². The van der Waals surface area contributed by atoms with Gasteiger partial charge in [0.1, 0.15) is 5.60 Å². The van der Waals surface area contributed by atoms with Crippen LogP contribution in [0.5, 0.6) is 0 Å². The van der Waals surface area contributed by atoms with Gasteiger partial charge in [-0.2, -0.15) is 0 Å². The van der Waals surface area contributed by atoms with E-state index in [2.05, 4.69) is 0 Å². The van der Waals surface area contributed by atoms with Gasteiger partial charge in [0.2, 0.25) is 0 Å². The molecule has 0 saturated carbocycles. The molecule has 8 heteroatoms. The van der Waals surface area contributed by atoms with Crippen LogP contribution in [-0.2, 0) is 20.4 Å². The van der Waals surface area contributed by atoms with E-state index in [4.69, 9.17) is 4.74 Å². The molecule has 2 aromatic carbocycles. The van der Waals surface area contributed by atoms with Gasteiger partial charge in [0.05, 0.1) is 22.1 Å². The maximum absolute atomic E-state index is 13.0. The molecule has 1 atom stereocenters. The highest BCUT2D eigenvalue weighted by atomic mass is 32.2. The van der Waals surface area contributed by atoms with E-state index in [1.165, 1.54) is 35.7 Å². The molecule has 1 aliphatic heterocycles. The highest BCUT2D eigenvalue weighted by Crippen LogP contribution is 2.40. The fourth-order valence-electron chi connectivity index (χ4n) is 2.84. The molecule has 0 saturated heterocycles. The first-order valence-corrected chi connectivity index (χ1v) is 8.65. The van der Waals surface area contributed by atoms with Crippen molar-refractivity contribution in [2.45, 2.75) is 17.4 Å². The summed E-state index contributed by atoms with van der Waals surface area (Å²) in [5.74, 6) is 0. The quantitative estimate of drug-likeness (QED) is 0.628. The zero-order valence-corrected chi connectivity index (χ0v) is 14.0.